The van der Waals surface area contributed by atoms with Gasteiger partial charge in [-0.1, -0.05) is 13.8 Å². The third-order valence-electron chi connectivity index (χ3n) is 2.60. The highest BCUT2D eigenvalue weighted by atomic mass is 16.3. The first-order valence-corrected chi connectivity index (χ1v) is 5.55. The molecular formula is C11H26N2O. The smallest absolute Gasteiger partial charge is 0.112 e. The van der Waals surface area contributed by atoms with Crippen LogP contribution < -0.4 is 10.6 Å². The number of hydrogen-bond donors (Lipinski definition) is 3. The lowest BCUT2D eigenvalue weighted by Crippen LogP contribution is -2.46. The Morgan fingerprint density at radius 2 is 1.64 bits per heavy atom. The van der Waals surface area contributed by atoms with E-state index in [2.05, 4.69) is 31.4 Å². The average Bonchev–Trinajstić information content (AvgIpc) is 2.03. The van der Waals surface area contributed by atoms with Gasteiger partial charge in [0.05, 0.1) is 0 Å². The van der Waals surface area contributed by atoms with Crippen molar-refractivity contribution in [3.8, 4) is 0 Å². The molecule has 1 atom stereocenters. The van der Waals surface area contributed by atoms with Crippen LogP contribution in [0.4, 0.5) is 0 Å². The zero-order chi connectivity index (χ0) is 11.2. The van der Waals surface area contributed by atoms with E-state index in [-0.39, 0.29) is 5.54 Å². The lowest BCUT2D eigenvalue weighted by molar-refractivity contribution is 0.0189. The molecule has 1 unspecified atom stereocenters. The van der Waals surface area contributed by atoms with E-state index >= 15 is 0 Å². The van der Waals surface area contributed by atoms with Crippen molar-refractivity contribution in [2.45, 2.75) is 58.7 Å². The normalized spacial score (nSPS) is 16.7. The molecule has 0 rings (SSSR count). The fourth-order valence-electron chi connectivity index (χ4n) is 1.34. The molecule has 3 nitrogen and oxygen atoms in total. The number of nitrogens with one attached hydrogen (secondary N) is 2. The monoisotopic (exact) mass is 202 g/mol. The molecular weight excluding hydrogens is 176 g/mol. The molecule has 3 N–H and O–H groups in total. The molecule has 0 saturated heterocycles. The summed E-state index contributed by atoms with van der Waals surface area (Å²) in [6, 6.07) is 0. The summed E-state index contributed by atoms with van der Waals surface area (Å²) in [5.41, 5.74) is -0.576. The van der Waals surface area contributed by atoms with Crippen LogP contribution in [0, 0.1) is 0 Å². The van der Waals surface area contributed by atoms with Crippen LogP contribution in [0.2, 0.25) is 0 Å². The number of aliphatic hydroxyl groups is 1. The summed E-state index contributed by atoms with van der Waals surface area (Å²) in [4.78, 5) is 0. The van der Waals surface area contributed by atoms with Crippen molar-refractivity contribution in [2.75, 3.05) is 13.1 Å². The van der Waals surface area contributed by atoms with Crippen molar-refractivity contribution < 1.29 is 5.11 Å². The molecule has 0 aromatic rings. The molecule has 0 amide bonds. The first-order chi connectivity index (χ1) is 6.33. The minimum atomic E-state index is -0.720. The van der Waals surface area contributed by atoms with Crippen LogP contribution in [-0.2, 0) is 0 Å². The molecule has 86 valence electrons. The zero-order valence-electron chi connectivity index (χ0n) is 10.3. The van der Waals surface area contributed by atoms with Crippen LogP contribution in [0.1, 0.15) is 47.5 Å². The van der Waals surface area contributed by atoms with Gasteiger partial charge in [0, 0.05) is 5.54 Å². The summed E-state index contributed by atoms with van der Waals surface area (Å²) in [6.07, 6.45) is 1.74. The van der Waals surface area contributed by atoms with Crippen LogP contribution in [0.15, 0.2) is 0 Å². The molecule has 0 aliphatic carbocycles. The van der Waals surface area contributed by atoms with Crippen molar-refractivity contribution in [3.63, 3.8) is 0 Å². The largest absolute Gasteiger partial charge is 0.376 e. The molecule has 0 aliphatic heterocycles. The van der Waals surface area contributed by atoms with Gasteiger partial charge in [0.2, 0.25) is 0 Å². The minimum absolute atomic E-state index is 0.144. The predicted molar refractivity (Wildman–Crippen MR) is 61.3 cm³/mol. The summed E-state index contributed by atoms with van der Waals surface area (Å²) in [7, 11) is 0. The Kier molecular flexibility index (Phi) is 5.64. The van der Waals surface area contributed by atoms with E-state index in [4.69, 9.17) is 0 Å². The van der Waals surface area contributed by atoms with Gasteiger partial charge in [0.15, 0.2) is 0 Å². The van der Waals surface area contributed by atoms with Crippen molar-refractivity contribution in [1.82, 2.24) is 10.6 Å². The van der Waals surface area contributed by atoms with E-state index < -0.39 is 5.72 Å². The SMILES string of the molecule is CCNC(C)(C)CCNC(C)(O)CC. The lowest BCUT2D eigenvalue weighted by Gasteiger charge is -2.29. The Balaban J connectivity index is 3.73. The molecule has 0 heterocycles. The Bertz CT molecular complexity index is 155. The second kappa shape index (κ2) is 5.69. The summed E-state index contributed by atoms with van der Waals surface area (Å²) >= 11 is 0. The first-order valence-electron chi connectivity index (χ1n) is 5.55. The standard InChI is InChI=1S/C11H26N2O/c1-6-11(5,14)13-9-8-10(3,4)12-7-2/h12-14H,6-9H2,1-5H3. The van der Waals surface area contributed by atoms with Crippen LogP contribution in [0.3, 0.4) is 0 Å². The van der Waals surface area contributed by atoms with Crippen LogP contribution >= 0.6 is 0 Å². The van der Waals surface area contributed by atoms with E-state index in [0.717, 1.165) is 25.9 Å². The van der Waals surface area contributed by atoms with Gasteiger partial charge in [-0.05, 0) is 46.7 Å². The second-order valence-electron chi connectivity index (χ2n) is 4.72. The van der Waals surface area contributed by atoms with Gasteiger partial charge >= 0.3 is 0 Å². The van der Waals surface area contributed by atoms with Crippen LogP contribution in [0.25, 0.3) is 0 Å². The molecule has 0 saturated carbocycles. The molecule has 0 aliphatic rings. The molecule has 0 aromatic heterocycles. The van der Waals surface area contributed by atoms with Gasteiger partial charge in [0.1, 0.15) is 5.72 Å². The third-order valence-corrected chi connectivity index (χ3v) is 2.60. The van der Waals surface area contributed by atoms with E-state index in [1.54, 1.807) is 0 Å². The van der Waals surface area contributed by atoms with Crippen molar-refractivity contribution in [2.24, 2.45) is 0 Å². The first kappa shape index (κ1) is 13.9. The summed E-state index contributed by atoms with van der Waals surface area (Å²) < 4.78 is 0. The fourth-order valence-corrected chi connectivity index (χ4v) is 1.34. The van der Waals surface area contributed by atoms with Crippen molar-refractivity contribution in [3.05, 3.63) is 0 Å². The summed E-state index contributed by atoms with van der Waals surface area (Å²) in [5, 5.41) is 16.3. The second-order valence-corrected chi connectivity index (χ2v) is 4.72. The van der Waals surface area contributed by atoms with Crippen LogP contribution in [0.5, 0.6) is 0 Å². The Morgan fingerprint density at radius 3 is 2.07 bits per heavy atom. The van der Waals surface area contributed by atoms with E-state index in [9.17, 15) is 5.11 Å². The Hall–Kier alpha value is -0.120. The Labute approximate surface area is 88.3 Å². The van der Waals surface area contributed by atoms with Crippen LogP contribution in [-0.4, -0.2) is 29.5 Å². The molecule has 14 heavy (non-hydrogen) atoms. The van der Waals surface area contributed by atoms with E-state index in [1.807, 2.05) is 13.8 Å². The molecule has 0 bridgehead atoms. The van der Waals surface area contributed by atoms with Gasteiger partial charge in [-0.15, -0.1) is 0 Å². The van der Waals surface area contributed by atoms with E-state index in [1.165, 1.54) is 0 Å². The Morgan fingerprint density at radius 1 is 1.07 bits per heavy atom. The summed E-state index contributed by atoms with van der Waals surface area (Å²) in [6.45, 7) is 12.1. The van der Waals surface area contributed by atoms with Gasteiger partial charge in [-0.2, -0.15) is 0 Å². The average molecular weight is 202 g/mol. The molecule has 3 heteroatoms. The topological polar surface area (TPSA) is 44.3 Å². The zero-order valence-corrected chi connectivity index (χ0v) is 10.3. The van der Waals surface area contributed by atoms with Gasteiger partial charge in [0.25, 0.3) is 0 Å². The van der Waals surface area contributed by atoms with Crippen molar-refractivity contribution in [1.29, 1.82) is 0 Å². The highest BCUT2D eigenvalue weighted by Crippen LogP contribution is 2.09. The maximum Gasteiger partial charge on any atom is 0.112 e. The molecule has 0 spiro atoms. The third kappa shape index (κ3) is 6.35. The predicted octanol–water partition coefficient (Wildman–Crippen LogP) is 1.47. The van der Waals surface area contributed by atoms with Gasteiger partial charge < -0.3 is 10.4 Å². The number of hydrogen-bond acceptors (Lipinski definition) is 3. The minimum Gasteiger partial charge on any atom is -0.376 e. The van der Waals surface area contributed by atoms with E-state index in [0.29, 0.717) is 0 Å². The maximum atomic E-state index is 9.72. The van der Waals surface area contributed by atoms with Gasteiger partial charge in [-0.25, -0.2) is 0 Å². The quantitative estimate of drug-likeness (QED) is 0.548. The maximum absolute atomic E-state index is 9.72. The lowest BCUT2D eigenvalue weighted by atomic mass is 10.0. The fraction of sp³-hybridized carbons (Fsp3) is 1.00. The molecule has 0 aromatic carbocycles. The van der Waals surface area contributed by atoms with Crippen molar-refractivity contribution >= 4 is 0 Å². The highest BCUT2D eigenvalue weighted by molar-refractivity contribution is 4.79. The highest BCUT2D eigenvalue weighted by Gasteiger charge is 2.19. The number of rotatable bonds is 7. The van der Waals surface area contributed by atoms with Gasteiger partial charge in [-0.3, -0.25) is 5.32 Å². The summed E-state index contributed by atoms with van der Waals surface area (Å²) in [5.74, 6) is 0. The molecule has 0 fully saturated rings. The molecule has 0 radical (unpaired) electrons.